The average molecular weight is 306 g/mol. The SMILES string of the molecule is CC(C)C[C@H](N)c1cccc(OCc2ccccc2)c1.Cl. The summed E-state index contributed by atoms with van der Waals surface area (Å²) in [6, 6.07) is 18.4. The number of nitrogens with two attached hydrogens (primary N) is 1. The van der Waals surface area contributed by atoms with Crippen LogP contribution in [0, 0.1) is 5.92 Å². The van der Waals surface area contributed by atoms with Gasteiger partial charge in [-0.25, -0.2) is 0 Å². The molecule has 0 fully saturated rings. The van der Waals surface area contributed by atoms with E-state index < -0.39 is 0 Å². The van der Waals surface area contributed by atoms with Crippen LogP contribution in [0.5, 0.6) is 5.75 Å². The Hall–Kier alpha value is -1.51. The summed E-state index contributed by atoms with van der Waals surface area (Å²) in [5.74, 6) is 1.48. The highest BCUT2D eigenvalue weighted by molar-refractivity contribution is 5.85. The van der Waals surface area contributed by atoms with Crippen LogP contribution in [-0.2, 0) is 6.61 Å². The van der Waals surface area contributed by atoms with E-state index >= 15 is 0 Å². The fourth-order valence-electron chi connectivity index (χ4n) is 2.22. The van der Waals surface area contributed by atoms with Crippen molar-refractivity contribution >= 4 is 12.4 Å². The van der Waals surface area contributed by atoms with E-state index in [0.29, 0.717) is 12.5 Å². The molecule has 0 spiro atoms. The zero-order chi connectivity index (χ0) is 14.4. The van der Waals surface area contributed by atoms with Gasteiger partial charge in [0.05, 0.1) is 0 Å². The third-order valence-corrected chi connectivity index (χ3v) is 3.26. The minimum atomic E-state index is 0. The van der Waals surface area contributed by atoms with E-state index in [1.165, 1.54) is 5.56 Å². The summed E-state index contributed by atoms with van der Waals surface area (Å²) in [5.41, 5.74) is 8.53. The van der Waals surface area contributed by atoms with E-state index in [1.54, 1.807) is 0 Å². The summed E-state index contributed by atoms with van der Waals surface area (Å²) in [4.78, 5) is 0. The molecule has 2 rings (SSSR count). The van der Waals surface area contributed by atoms with Crippen molar-refractivity contribution in [3.63, 3.8) is 0 Å². The maximum atomic E-state index is 6.22. The predicted molar refractivity (Wildman–Crippen MR) is 90.8 cm³/mol. The molecular weight excluding hydrogens is 282 g/mol. The first-order valence-electron chi connectivity index (χ1n) is 7.17. The van der Waals surface area contributed by atoms with Gasteiger partial charge in [-0.2, -0.15) is 0 Å². The Balaban J connectivity index is 0.00000220. The molecule has 0 aliphatic carbocycles. The lowest BCUT2D eigenvalue weighted by Gasteiger charge is -2.15. The van der Waals surface area contributed by atoms with E-state index in [9.17, 15) is 0 Å². The first-order valence-corrected chi connectivity index (χ1v) is 7.17. The minimum absolute atomic E-state index is 0. The van der Waals surface area contributed by atoms with Gasteiger partial charge in [0.25, 0.3) is 0 Å². The second kappa shape index (κ2) is 8.71. The van der Waals surface area contributed by atoms with Gasteiger partial charge in [-0.1, -0.05) is 56.3 Å². The van der Waals surface area contributed by atoms with E-state index in [0.717, 1.165) is 17.7 Å². The quantitative estimate of drug-likeness (QED) is 0.837. The minimum Gasteiger partial charge on any atom is -0.489 e. The average Bonchev–Trinajstić information content (AvgIpc) is 2.46. The van der Waals surface area contributed by atoms with Gasteiger partial charge < -0.3 is 10.5 Å². The molecule has 0 radical (unpaired) electrons. The molecule has 2 aromatic rings. The van der Waals surface area contributed by atoms with Crippen molar-refractivity contribution in [1.82, 2.24) is 0 Å². The van der Waals surface area contributed by atoms with Crippen LogP contribution in [0.15, 0.2) is 54.6 Å². The lowest BCUT2D eigenvalue weighted by atomic mass is 9.98. The summed E-state index contributed by atoms with van der Waals surface area (Å²) in [7, 11) is 0. The predicted octanol–water partition coefficient (Wildman–Crippen LogP) is 4.73. The molecule has 21 heavy (non-hydrogen) atoms. The van der Waals surface area contributed by atoms with Crippen LogP contribution in [0.1, 0.15) is 37.4 Å². The molecule has 0 amide bonds. The molecule has 2 aromatic carbocycles. The highest BCUT2D eigenvalue weighted by Gasteiger charge is 2.09. The van der Waals surface area contributed by atoms with Crippen LogP contribution in [0.25, 0.3) is 0 Å². The largest absolute Gasteiger partial charge is 0.489 e. The molecule has 0 saturated heterocycles. The molecular formula is C18H24ClNO. The van der Waals surface area contributed by atoms with Crippen molar-refractivity contribution in [1.29, 1.82) is 0 Å². The Morgan fingerprint density at radius 1 is 1.00 bits per heavy atom. The maximum absolute atomic E-state index is 6.22. The second-order valence-electron chi connectivity index (χ2n) is 5.58. The lowest BCUT2D eigenvalue weighted by molar-refractivity contribution is 0.305. The van der Waals surface area contributed by atoms with Gasteiger partial charge in [-0.3, -0.25) is 0 Å². The molecule has 3 heteroatoms. The molecule has 0 saturated carbocycles. The zero-order valence-corrected chi connectivity index (χ0v) is 13.5. The Morgan fingerprint density at radius 2 is 1.71 bits per heavy atom. The van der Waals surface area contributed by atoms with Crippen LogP contribution in [0.4, 0.5) is 0 Å². The van der Waals surface area contributed by atoms with Gasteiger partial charge in [0, 0.05) is 6.04 Å². The van der Waals surface area contributed by atoms with E-state index in [-0.39, 0.29) is 18.4 Å². The van der Waals surface area contributed by atoms with E-state index in [4.69, 9.17) is 10.5 Å². The lowest BCUT2D eigenvalue weighted by Crippen LogP contribution is -2.12. The normalized spacial score (nSPS) is 11.8. The number of hydrogen-bond donors (Lipinski definition) is 1. The number of benzene rings is 2. The summed E-state index contributed by atoms with van der Waals surface area (Å²) < 4.78 is 5.83. The molecule has 0 aliphatic heterocycles. The van der Waals surface area contributed by atoms with Crippen LogP contribution >= 0.6 is 12.4 Å². The van der Waals surface area contributed by atoms with Crippen LogP contribution in [-0.4, -0.2) is 0 Å². The summed E-state index contributed by atoms with van der Waals surface area (Å²) >= 11 is 0. The van der Waals surface area contributed by atoms with Gasteiger partial charge >= 0.3 is 0 Å². The van der Waals surface area contributed by atoms with E-state index in [1.807, 2.05) is 30.3 Å². The topological polar surface area (TPSA) is 35.2 Å². The zero-order valence-electron chi connectivity index (χ0n) is 12.7. The van der Waals surface area contributed by atoms with Crippen molar-refractivity contribution < 1.29 is 4.74 Å². The van der Waals surface area contributed by atoms with E-state index in [2.05, 4.69) is 38.1 Å². The van der Waals surface area contributed by atoms with Gasteiger partial charge in [-0.05, 0) is 35.6 Å². The van der Waals surface area contributed by atoms with Crippen LogP contribution in [0.3, 0.4) is 0 Å². The summed E-state index contributed by atoms with van der Waals surface area (Å²) in [6.45, 7) is 4.97. The highest BCUT2D eigenvalue weighted by Crippen LogP contribution is 2.23. The third-order valence-electron chi connectivity index (χ3n) is 3.26. The molecule has 1 atom stereocenters. The first-order chi connectivity index (χ1) is 9.65. The Kier molecular flexibility index (Phi) is 7.27. The van der Waals surface area contributed by atoms with Crippen molar-refractivity contribution in [3.8, 4) is 5.75 Å². The molecule has 0 unspecified atom stereocenters. The van der Waals surface area contributed by atoms with Crippen molar-refractivity contribution in [2.45, 2.75) is 32.9 Å². The van der Waals surface area contributed by atoms with Gasteiger partial charge in [0.1, 0.15) is 12.4 Å². The molecule has 0 bridgehead atoms. The standard InChI is InChI=1S/C18H23NO.ClH/c1-14(2)11-18(19)16-9-6-10-17(12-16)20-13-15-7-4-3-5-8-15;/h3-10,12,14,18H,11,13,19H2,1-2H3;1H/t18-;/m0./s1. The molecule has 0 heterocycles. The summed E-state index contributed by atoms with van der Waals surface area (Å²) in [6.07, 6.45) is 0.988. The Labute approximate surface area is 133 Å². The molecule has 0 aromatic heterocycles. The van der Waals surface area contributed by atoms with Gasteiger partial charge in [0.2, 0.25) is 0 Å². The summed E-state index contributed by atoms with van der Waals surface area (Å²) in [5, 5.41) is 0. The van der Waals surface area contributed by atoms with Crippen molar-refractivity contribution in [3.05, 3.63) is 65.7 Å². The molecule has 2 nitrogen and oxygen atoms in total. The van der Waals surface area contributed by atoms with Crippen LogP contribution in [0.2, 0.25) is 0 Å². The molecule has 2 N–H and O–H groups in total. The van der Waals surface area contributed by atoms with Gasteiger partial charge in [0.15, 0.2) is 0 Å². The smallest absolute Gasteiger partial charge is 0.120 e. The highest BCUT2D eigenvalue weighted by atomic mass is 35.5. The van der Waals surface area contributed by atoms with Crippen LogP contribution < -0.4 is 10.5 Å². The Morgan fingerprint density at radius 3 is 2.38 bits per heavy atom. The third kappa shape index (κ3) is 5.78. The van der Waals surface area contributed by atoms with Crippen molar-refractivity contribution in [2.24, 2.45) is 11.7 Å². The van der Waals surface area contributed by atoms with Crippen molar-refractivity contribution in [2.75, 3.05) is 0 Å². The Bertz CT molecular complexity index is 528. The number of hydrogen-bond acceptors (Lipinski definition) is 2. The fourth-order valence-corrected chi connectivity index (χ4v) is 2.22. The van der Waals surface area contributed by atoms with Gasteiger partial charge in [-0.15, -0.1) is 12.4 Å². The fraction of sp³-hybridized carbons (Fsp3) is 0.333. The maximum Gasteiger partial charge on any atom is 0.120 e. The molecule has 114 valence electrons. The second-order valence-corrected chi connectivity index (χ2v) is 5.58. The number of rotatable bonds is 6. The number of ether oxygens (including phenoxy) is 1. The molecule has 0 aliphatic rings. The first kappa shape index (κ1) is 17.5. The number of halogens is 1. The monoisotopic (exact) mass is 305 g/mol.